The summed E-state index contributed by atoms with van der Waals surface area (Å²) in [5.41, 5.74) is 5.80. The van der Waals surface area contributed by atoms with E-state index in [1.54, 1.807) is 0 Å². The van der Waals surface area contributed by atoms with Crippen LogP contribution < -0.4 is 5.73 Å². The summed E-state index contributed by atoms with van der Waals surface area (Å²) in [6, 6.07) is 1.50. The fourth-order valence-corrected chi connectivity index (χ4v) is 0.745. The number of nitrogen functional groups attached to an aromatic ring is 1. The lowest BCUT2D eigenvalue weighted by molar-refractivity contribution is 1.36. The van der Waals surface area contributed by atoms with Crippen molar-refractivity contribution < 1.29 is 0 Å². The number of rotatable bonds is 0. The van der Waals surface area contributed by atoms with E-state index in [0.29, 0.717) is 10.7 Å². The molecule has 1 heterocycles. The first-order chi connectivity index (χ1) is 4.74. The number of hydrogen-bond acceptors (Lipinski definition) is 2. The van der Waals surface area contributed by atoms with E-state index in [-0.39, 0.29) is 5.82 Å². The molecule has 4 heteroatoms. The van der Waals surface area contributed by atoms with Gasteiger partial charge < -0.3 is 10.6 Å². The van der Waals surface area contributed by atoms with Crippen LogP contribution in [0.5, 0.6) is 0 Å². The number of pyridine rings is 1. The molecule has 0 bridgehead atoms. The Morgan fingerprint density at radius 3 is 2.90 bits per heavy atom. The summed E-state index contributed by atoms with van der Waals surface area (Å²) in [5, 5.41) is 0.301. The topological polar surface area (TPSA) is 43.3 Å². The van der Waals surface area contributed by atoms with Gasteiger partial charge in [0.2, 0.25) is 0 Å². The van der Waals surface area contributed by atoms with Crippen LogP contribution >= 0.6 is 11.6 Å². The van der Waals surface area contributed by atoms with E-state index in [2.05, 4.69) is 9.83 Å². The van der Waals surface area contributed by atoms with E-state index in [1.807, 2.05) is 0 Å². The third kappa shape index (κ3) is 1.17. The zero-order valence-corrected chi connectivity index (χ0v) is 5.76. The molecule has 0 unspecified atom stereocenters. The van der Waals surface area contributed by atoms with Crippen molar-refractivity contribution in [3.8, 4) is 0 Å². The number of aromatic nitrogens is 1. The Morgan fingerprint density at radius 2 is 2.40 bits per heavy atom. The van der Waals surface area contributed by atoms with Gasteiger partial charge >= 0.3 is 0 Å². The standard InChI is InChI=1S/C6H4ClN3/c1-9-6-5(7)2-4(8)3-10-6/h2-3H,8H2. The summed E-state index contributed by atoms with van der Waals surface area (Å²) < 4.78 is 0. The third-order valence-corrected chi connectivity index (χ3v) is 1.23. The first-order valence-corrected chi connectivity index (χ1v) is 2.90. The summed E-state index contributed by atoms with van der Waals surface area (Å²) >= 11 is 5.57. The molecule has 0 aliphatic heterocycles. The average Bonchev–Trinajstić information content (AvgIpc) is 1.88. The van der Waals surface area contributed by atoms with Crippen LogP contribution in [0.3, 0.4) is 0 Å². The molecular weight excluding hydrogens is 150 g/mol. The monoisotopic (exact) mass is 153 g/mol. The zero-order valence-electron chi connectivity index (χ0n) is 5.00. The van der Waals surface area contributed by atoms with Crippen LogP contribution in [0, 0.1) is 6.57 Å². The molecule has 0 spiro atoms. The third-order valence-electron chi connectivity index (χ3n) is 0.949. The van der Waals surface area contributed by atoms with Crippen LogP contribution in [-0.2, 0) is 0 Å². The maximum Gasteiger partial charge on any atom is 0.288 e. The van der Waals surface area contributed by atoms with Crippen LogP contribution in [0.25, 0.3) is 4.85 Å². The van der Waals surface area contributed by atoms with Gasteiger partial charge in [0.05, 0.1) is 10.7 Å². The Balaban J connectivity index is 3.23. The van der Waals surface area contributed by atoms with Gasteiger partial charge in [-0.1, -0.05) is 18.2 Å². The Hall–Kier alpha value is -1.27. The van der Waals surface area contributed by atoms with Crippen molar-refractivity contribution in [2.75, 3.05) is 5.73 Å². The Kier molecular flexibility index (Phi) is 1.74. The number of hydrogen-bond donors (Lipinski definition) is 1. The van der Waals surface area contributed by atoms with Crippen molar-refractivity contribution in [2.24, 2.45) is 0 Å². The van der Waals surface area contributed by atoms with E-state index < -0.39 is 0 Å². The molecule has 10 heavy (non-hydrogen) atoms. The number of halogens is 1. The molecule has 0 atom stereocenters. The predicted octanol–water partition coefficient (Wildman–Crippen LogP) is 1.87. The first kappa shape index (κ1) is 6.84. The van der Waals surface area contributed by atoms with E-state index in [4.69, 9.17) is 23.9 Å². The van der Waals surface area contributed by atoms with E-state index in [0.717, 1.165) is 0 Å². The number of nitrogens with zero attached hydrogens (tertiary/aromatic N) is 2. The first-order valence-electron chi connectivity index (χ1n) is 2.52. The lowest BCUT2D eigenvalue weighted by Crippen LogP contribution is -1.84. The second-order valence-corrected chi connectivity index (χ2v) is 2.09. The summed E-state index contributed by atoms with van der Waals surface area (Å²) in [5.74, 6) is 0.191. The molecule has 2 N–H and O–H groups in total. The van der Waals surface area contributed by atoms with E-state index >= 15 is 0 Å². The SMILES string of the molecule is [C-]#[N+]c1ncc(N)cc1Cl. The lowest BCUT2D eigenvalue weighted by Gasteiger charge is -1.92. The largest absolute Gasteiger partial charge is 0.396 e. The smallest absolute Gasteiger partial charge is 0.288 e. The van der Waals surface area contributed by atoms with E-state index in [1.165, 1.54) is 12.3 Å². The highest BCUT2D eigenvalue weighted by molar-refractivity contribution is 6.33. The molecule has 0 fully saturated rings. The maximum atomic E-state index is 6.59. The molecule has 0 amide bonds. The number of nitrogens with two attached hydrogens (primary N) is 1. The molecule has 1 aromatic rings. The minimum Gasteiger partial charge on any atom is -0.396 e. The van der Waals surface area contributed by atoms with Crippen LogP contribution in [-0.4, -0.2) is 4.98 Å². The number of anilines is 1. The molecule has 0 saturated carbocycles. The Labute approximate surface area is 63.3 Å². The van der Waals surface area contributed by atoms with Crippen LogP contribution in [0.1, 0.15) is 0 Å². The quantitative estimate of drug-likeness (QED) is 0.579. The normalized spacial score (nSPS) is 8.80. The Morgan fingerprint density at radius 1 is 1.70 bits per heavy atom. The molecule has 3 nitrogen and oxygen atoms in total. The predicted molar refractivity (Wildman–Crippen MR) is 39.9 cm³/mol. The van der Waals surface area contributed by atoms with Gasteiger partial charge in [0.25, 0.3) is 5.82 Å². The summed E-state index contributed by atoms with van der Waals surface area (Å²) in [6.07, 6.45) is 1.40. The summed E-state index contributed by atoms with van der Waals surface area (Å²) in [6.45, 7) is 6.59. The second kappa shape index (κ2) is 2.54. The minimum atomic E-state index is 0.191. The highest BCUT2D eigenvalue weighted by Crippen LogP contribution is 2.22. The van der Waals surface area contributed by atoms with Crippen LogP contribution in [0.15, 0.2) is 12.3 Å². The lowest BCUT2D eigenvalue weighted by atomic mass is 10.4. The van der Waals surface area contributed by atoms with Crippen LogP contribution in [0.4, 0.5) is 11.5 Å². The van der Waals surface area contributed by atoms with Gasteiger partial charge in [-0.2, -0.15) is 0 Å². The van der Waals surface area contributed by atoms with Gasteiger partial charge in [0.1, 0.15) is 6.20 Å². The van der Waals surface area contributed by atoms with Crippen molar-refractivity contribution in [1.29, 1.82) is 0 Å². The minimum absolute atomic E-state index is 0.191. The molecule has 0 radical (unpaired) electrons. The van der Waals surface area contributed by atoms with E-state index in [9.17, 15) is 0 Å². The van der Waals surface area contributed by atoms with Crippen molar-refractivity contribution in [1.82, 2.24) is 4.98 Å². The molecule has 0 aliphatic carbocycles. The fraction of sp³-hybridized carbons (Fsp3) is 0. The molecule has 0 aromatic carbocycles. The van der Waals surface area contributed by atoms with Crippen molar-refractivity contribution >= 4 is 23.1 Å². The molecule has 1 rings (SSSR count). The highest BCUT2D eigenvalue weighted by Gasteiger charge is 2.00. The summed E-state index contributed by atoms with van der Waals surface area (Å²) in [7, 11) is 0. The maximum absolute atomic E-state index is 6.59. The molecule has 50 valence electrons. The van der Waals surface area contributed by atoms with Crippen molar-refractivity contribution in [2.45, 2.75) is 0 Å². The van der Waals surface area contributed by atoms with Gasteiger partial charge in [-0.05, 0) is 6.07 Å². The summed E-state index contributed by atoms with van der Waals surface area (Å²) in [4.78, 5) is 6.75. The van der Waals surface area contributed by atoms with Crippen molar-refractivity contribution in [3.63, 3.8) is 0 Å². The van der Waals surface area contributed by atoms with Gasteiger partial charge in [-0.25, -0.2) is 0 Å². The van der Waals surface area contributed by atoms with Gasteiger partial charge in [0, 0.05) is 0 Å². The molecule has 1 aromatic heterocycles. The molecule has 0 saturated heterocycles. The van der Waals surface area contributed by atoms with Crippen molar-refractivity contribution in [3.05, 3.63) is 28.7 Å². The average molecular weight is 154 g/mol. The molecular formula is C6H4ClN3. The van der Waals surface area contributed by atoms with Gasteiger partial charge in [0.15, 0.2) is 0 Å². The van der Waals surface area contributed by atoms with Gasteiger partial charge in [-0.15, -0.1) is 4.98 Å². The second-order valence-electron chi connectivity index (χ2n) is 1.69. The molecule has 0 aliphatic rings. The zero-order chi connectivity index (χ0) is 7.56. The van der Waals surface area contributed by atoms with Crippen LogP contribution in [0.2, 0.25) is 5.02 Å². The fourth-order valence-electron chi connectivity index (χ4n) is 0.528. The Bertz CT molecular complexity index is 290. The highest BCUT2D eigenvalue weighted by atomic mass is 35.5. The van der Waals surface area contributed by atoms with Gasteiger partial charge in [-0.3, -0.25) is 0 Å².